The maximum atomic E-state index is 9.71. The third-order valence-electron chi connectivity index (χ3n) is 4.33. The van der Waals surface area contributed by atoms with Gasteiger partial charge in [0.25, 0.3) is 0 Å². The van der Waals surface area contributed by atoms with Gasteiger partial charge in [-0.25, -0.2) is 0 Å². The summed E-state index contributed by atoms with van der Waals surface area (Å²) in [5.41, 5.74) is 2.84. The van der Waals surface area contributed by atoms with Crippen LogP contribution < -0.4 is 0 Å². The molecule has 1 aliphatic carbocycles. The topological polar surface area (TPSA) is 63.9 Å². The third-order valence-corrected chi connectivity index (χ3v) is 4.33. The molecule has 104 valence electrons. The molecule has 2 aliphatic rings. The number of hydrogen-bond donors (Lipinski definition) is 3. The van der Waals surface area contributed by atoms with Gasteiger partial charge in [-0.05, 0) is 29.9 Å². The normalized spacial score (nSPS) is 32.5. The molecular weight excluding hydrogens is 242 g/mol. The van der Waals surface area contributed by atoms with Crippen LogP contribution in [0, 0.1) is 5.92 Å². The van der Waals surface area contributed by atoms with E-state index >= 15 is 0 Å². The zero-order valence-electron chi connectivity index (χ0n) is 10.9. The predicted molar refractivity (Wildman–Crippen MR) is 71.8 cm³/mol. The van der Waals surface area contributed by atoms with Gasteiger partial charge in [0.2, 0.25) is 0 Å². The Labute approximate surface area is 113 Å². The van der Waals surface area contributed by atoms with Gasteiger partial charge in [0, 0.05) is 19.6 Å². The summed E-state index contributed by atoms with van der Waals surface area (Å²) in [5.74, 6) is 0.548. The smallest absolute Gasteiger partial charge is 0.108 e. The molecule has 3 N–H and O–H groups in total. The fourth-order valence-corrected chi connectivity index (χ4v) is 3.37. The van der Waals surface area contributed by atoms with Gasteiger partial charge < -0.3 is 15.3 Å². The Bertz CT molecular complexity index is 414. The molecule has 1 aromatic rings. The molecule has 0 bridgehead atoms. The van der Waals surface area contributed by atoms with Crippen molar-refractivity contribution in [1.82, 2.24) is 4.90 Å². The van der Waals surface area contributed by atoms with Gasteiger partial charge in [-0.2, -0.15) is 0 Å². The van der Waals surface area contributed by atoms with E-state index in [0.717, 1.165) is 19.4 Å². The number of nitrogens with zero attached hydrogens (tertiary/aromatic N) is 1. The van der Waals surface area contributed by atoms with E-state index in [1.807, 2.05) is 0 Å². The summed E-state index contributed by atoms with van der Waals surface area (Å²) in [6, 6.07) is 8.51. The summed E-state index contributed by atoms with van der Waals surface area (Å²) < 4.78 is 0. The molecule has 0 spiro atoms. The maximum absolute atomic E-state index is 9.71. The van der Waals surface area contributed by atoms with Crippen LogP contribution in [-0.4, -0.2) is 58.2 Å². The Hall–Kier alpha value is -0.940. The highest BCUT2D eigenvalue weighted by atomic mass is 16.4. The van der Waals surface area contributed by atoms with Crippen molar-refractivity contribution in [2.24, 2.45) is 5.92 Å². The molecule has 4 heteroatoms. The van der Waals surface area contributed by atoms with Gasteiger partial charge in [-0.15, -0.1) is 0 Å². The number of fused-ring (bicyclic) bond motifs is 1. The number of β-amino-alcohol motifs (C(OH)–C–C–N with tert-alkyl or cyclic N) is 2. The molecule has 3 rings (SSSR count). The van der Waals surface area contributed by atoms with Crippen molar-refractivity contribution in [3.63, 3.8) is 0 Å². The predicted octanol–water partition coefficient (Wildman–Crippen LogP) is -0.200. The number of benzene rings is 1. The molecular formula is C15H21NO3. The van der Waals surface area contributed by atoms with Crippen molar-refractivity contribution in [3.05, 3.63) is 35.4 Å². The van der Waals surface area contributed by atoms with Crippen molar-refractivity contribution in [3.8, 4) is 0 Å². The SMILES string of the molecule is OC1CN(CC2Cc3ccccc3C2)CC(O)C1O. The van der Waals surface area contributed by atoms with E-state index in [-0.39, 0.29) is 0 Å². The van der Waals surface area contributed by atoms with E-state index in [0.29, 0.717) is 19.0 Å². The second-order valence-electron chi connectivity index (χ2n) is 5.89. The molecule has 0 saturated carbocycles. The summed E-state index contributed by atoms with van der Waals surface area (Å²) in [7, 11) is 0. The summed E-state index contributed by atoms with van der Waals surface area (Å²) in [6.45, 7) is 1.77. The van der Waals surface area contributed by atoms with Crippen molar-refractivity contribution in [2.75, 3.05) is 19.6 Å². The highest BCUT2D eigenvalue weighted by molar-refractivity contribution is 5.32. The van der Waals surface area contributed by atoms with Crippen LogP contribution in [0.1, 0.15) is 11.1 Å². The van der Waals surface area contributed by atoms with E-state index < -0.39 is 18.3 Å². The molecule has 2 atom stereocenters. The first kappa shape index (κ1) is 13.1. The lowest BCUT2D eigenvalue weighted by Gasteiger charge is -2.38. The van der Waals surface area contributed by atoms with Gasteiger partial charge in [0.15, 0.2) is 0 Å². The minimum absolute atomic E-state index is 0.449. The number of rotatable bonds is 2. The molecule has 1 heterocycles. The van der Waals surface area contributed by atoms with E-state index in [9.17, 15) is 15.3 Å². The molecule has 1 aromatic carbocycles. The monoisotopic (exact) mass is 263 g/mol. The minimum Gasteiger partial charge on any atom is -0.389 e. The highest BCUT2D eigenvalue weighted by Gasteiger charge is 2.34. The van der Waals surface area contributed by atoms with Crippen LogP contribution >= 0.6 is 0 Å². The number of piperidine rings is 1. The summed E-state index contributed by atoms with van der Waals surface area (Å²) in [4.78, 5) is 2.07. The molecule has 1 fully saturated rings. The lowest BCUT2D eigenvalue weighted by molar-refractivity contribution is -0.111. The van der Waals surface area contributed by atoms with Crippen molar-refractivity contribution in [1.29, 1.82) is 0 Å². The van der Waals surface area contributed by atoms with E-state index in [4.69, 9.17) is 0 Å². The van der Waals surface area contributed by atoms with Crippen LogP contribution in [0.2, 0.25) is 0 Å². The standard InChI is InChI=1S/C15H21NO3/c17-13-8-16(9-14(18)15(13)19)7-10-5-11-3-1-2-4-12(11)6-10/h1-4,10,13-15,17-19H,5-9H2. The second-order valence-corrected chi connectivity index (χ2v) is 5.89. The maximum Gasteiger partial charge on any atom is 0.108 e. The van der Waals surface area contributed by atoms with Crippen LogP contribution in [0.4, 0.5) is 0 Å². The lowest BCUT2D eigenvalue weighted by atomic mass is 9.99. The Kier molecular flexibility index (Phi) is 3.58. The van der Waals surface area contributed by atoms with Crippen molar-refractivity contribution >= 4 is 0 Å². The molecule has 1 aliphatic heterocycles. The zero-order valence-corrected chi connectivity index (χ0v) is 10.9. The van der Waals surface area contributed by atoms with Gasteiger partial charge in [-0.1, -0.05) is 24.3 Å². The Morgan fingerprint density at radius 3 is 2.00 bits per heavy atom. The van der Waals surface area contributed by atoms with E-state index in [1.165, 1.54) is 11.1 Å². The van der Waals surface area contributed by atoms with E-state index in [1.54, 1.807) is 0 Å². The fourth-order valence-electron chi connectivity index (χ4n) is 3.37. The highest BCUT2D eigenvalue weighted by Crippen LogP contribution is 2.27. The van der Waals surface area contributed by atoms with Crippen molar-refractivity contribution in [2.45, 2.75) is 31.2 Å². The number of aliphatic hydroxyl groups excluding tert-OH is 3. The van der Waals surface area contributed by atoms with Gasteiger partial charge in [0.1, 0.15) is 6.10 Å². The van der Waals surface area contributed by atoms with Gasteiger partial charge in [-0.3, -0.25) is 4.90 Å². The summed E-state index contributed by atoms with van der Waals surface area (Å²) >= 11 is 0. The molecule has 19 heavy (non-hydrogen) atoms. The number of aliphatic hydroxyl groups is 3. The average molecular weight is 263 g/mol. The molecule has 2 unspecified atom stereocenters. The largest absolute Gasteiger partial charge is 0.389 e. The van der Waals surface area contributed by atoms with Crippen LogP contribution in [0.15, 0.2) is 24.3 Å². The fraction of sp³-hybridized carbons (Fsp3) is 0.600. The van der Waals surface area contributed by atoms with E-state index in [2.05, 4.69) is 29.2 Å². The molecule has 4 nitrogen and oxygen atoms in total. The van der Waals surface area contributed by atoms with Gasteiger partial charge >= 0.3 is 0 Å². The quantitative estimate of drug-likeness (QED) is 0.691. The molecule has 0 radical (unpaired) electrons. The first-order valence-corrected chi connectivity index (χ1v) is 6.97. The molecule has 0 amide bonds. The Balaban J connectivity index is 1.59. The lowest BCUT2D eigenvalue weighted by Crippen LogP contribution is -2.56. The Morgan fingerprint density at radius 1 is 0.947 bits per heavy atom. The molecule has 1 saturated heterocycles. The van der Waals surface area contributed by atoms with Gasteiger partial charge in [0.05, 0.1) is 12.2 Å². The van der Waals surface area contributed by atoms with Crippen LogP contribution in [-0.2, 0) is 12.8 Å². The zero-order chi connectivity index (χ0) is 13.4. The average Bonchev–Trinajstić information content (AvgIpc) is 2.78. The van der Waals surface area contributed by atoms with Crippen LogP contribution in [0.5, 0.6) is 0 Å². The minimum atomic E-state index is -1.00. The third kappa shape index (κ3) is 2.67. The van der Waals surface area contributed by atoms with Crippen molar-refractivity contribution < 1.29 is 15.3 Å². The van der Waals surface area contributed by atoms with Crippen LogP contribution in [0.25, 0.3) is 0 Å². The number of likely N-dealkylation sites (tertiary alicyclic amines) is 1. The first-order chi connectivity index (χ1) is 9.13. The Morgan fingerprint density at radius 2 is 1.47 bits per heavy atom. The van der Waals surface area contributed by atoms with Crippen LogP contribution in [0.3, 0.4) is 0 Å². The summed E-state index contributed by atoms with van der Waals surface area (Å²) in [6.07, 6.45) is -0.542. The first-order valence-electron chi connectivity index (χ1n) is 6.97. The number of hydrogen-bond acceptors (Lipinski definition) is 4. The second kappa shape index (κ2) is 5.21. The molecule has 0 aromatic heterocycles. The summed E-state index contributed by atoms with van der Waals surface area (Å²) in [5, 5.41) is 29.0.